The van der Waals surface area contributed by atoms with E-state index in [1.54, 1.807) is 0 Å². The van der Waals surface area contributed by atoms with Crippen LogP contribution in [-0.4, -0.2) is 42.1 Å². The van der Waals surface area contributed by atoms with E-state index in [4.69, 9.17) is 9.84 Å². The molecule has 1 N–H and O–H groups in total. The number of hydrogen-bond acceptors (Lipinski definition) is 3. The predicted octanol–water partition coefficient (Wildman–Crippen LogP) is 1.70. The lowest BCUT2D eigenvalue weighted by atomic mass is 9.88. The minimum atomic E-state index is -1.01. The molecule has 0 aromatic heterocycles. The first-order valence-corrected chi connectivity index (χ1v) is 6.73. The first-order chi connectivity index (χ1) is 9.59. The number of carbonyl (C=O) groups is 2. The first kappa shape index (κ1) is 14.5. The number of carboxylic acid groups (broad SMARTS) is 1. The van der Waals surface area contributed by atoms with E-state index in [0.29, 0.717) is 6.61 Å². The fourth-order valence-electron chi connectivity index (χ4n) is 2.57. The lowest BCUT2D eigenvalue weighted by Crippen LogP contribution is -2.41. The summed E-state index contributed by atoms with van der Waals surface area (Å²) in [5, 5.41) is 8.79. The molecule has 5 nitrogen and oxygen atoms in total. The summed E-state index contributed by atoms with van der Waals surface area (Å²) < 4.78 is 5.76. The summed E-state index contributed by atoms with van der Waals surface area (Å²) >= 11 is 0. The van der Waals surface area contributed by atoms with Crippen LogP contribution in [0.2, 0.25) is 0 Å². The Morgan fingerprint density at radius 2 is 2.05 bits per heavy atom. The average molecular weight is 277 g/mol. The number of rotatable bonds is 4. The third kappa shape index (κ3) is 3.36. The Morgan fingerprint density at radius 3 is 2.70 bits per heavy atom. The Morgan fingerprint density at radius 1 is 1.35 bits per heavy atom. The SMILES string of the molecule is CN(CC(=O)O)C(=O)C1CCCOC1c1ccccc1. The van der Waals surface area contributed by atoms with Crippen molar-refractivity contribution in [2.45, 2.75) is 18.9 Å². The minimum Gasteiger partial charge on any atom is -0.480 e. The van der Waals surface area contributed by atoms with Gasteiger partial charge in [-0.05, 0) is 18.4 Å². The molecule has 108 valence electrons. The van der Waals surface area contributed by atoms with Crippen LogP contribution < -0.4 is 0 Å². The van der Waals surface area contributed by atoms with E-state index in [-0.39, 0.29) is 24.5 Å². The molecule has 1 amide bonds. The molecule has 0 spiro atoms. The highest BCUT2D eigenvalue weighted by molar-refractivity contribution is 5.83. The van der Waals surface area contributed by atoms with Gasteiger partial charge in [0.1, 0.15) is 6.54 Å². The van der Waals surface area contributed by atoms with E-state index in [1.165, 1.54) is 11.9 Å². The number of likely N-dealkylation sites (N-methyl/N-ethyl adjacent to an activating group) is 1. The number of benzene rings is 1. The number of aliphatic carboxylic acids is 1. The molecular formula is C15H19NO4. The van der Waals surface area contributed by atoms with E-state index in [0.717, 1.165) is 18.4 Å². The third-order valence-electron chi connectivity index (χ3n) is 3.52. The van der Waals surface area contributed by atoms with Gasteiger partial charge in [-0.2, -0.15) is 0 Å². The maximum Gasteiger partial charge on any atom is 0.323 e. The standard InChI is InChI=1S/C15H19NO4/c1-16(10-13(17)18)15(19)12-8-5-9-20-14(12)11-6-3-2-4-7-11/h2-4,6-7,12,14H,5,8-10H2,1H3,(H,17,18). The molecule has 0 radical (unpaired) electrons. The van der Waals surface area contributed by atoms with Crippen LogP contribution in [0.3, 0.4) is 0 Å². The Kier molecular flexibility index (Phi) is 4.74. The molecule has 2 unspecified atom stereocenters. The van der Waals surface area contributed by atoms with Crippen LogP contribution in [-0.2, 0) is 14.3 Å². The molecule has 1 aromatic rings. The normalized spacial score (nSPS) is 22.2. The zero-order valence-electron chi connectivity index (χ0n) is 11.5. The molecule has 0 bridgehead atoms. The molecule has 1 saturated heterocycles. The predicted molar refractivity (Wildman–Crippen MR) is 73.1 cm³/mol. The van der Waals surface area contributed by atoms with Crippen LogP contribution in [0.1, 0.15) is 24.5 Å². The molecule has 1 aromatic carbocycles. The van der Waals surface area contributed by atoms with E-state index in [1.807, 2.05) is 30.3 Å². The quantitative estimate of drug-likeness (QED) is 0.909. The van der Waals surface area contributed by atoms with Crippen LogP contribution in [0, 0.1) is 5.92 Å². The van der Waals surface area contributed by atoms with Crippen LogP contribution in [0.25, 0.3) is 0 Å². The highest BCUT2D eigenvalue weighted by Crippen LogP contribution is 2.34. The number of carboxylic acids is 1. The Bertz CT molecular complexity index is 474. The summed E-state index contributed by atoms with van der Waals surface area (Å²) in [5.74, 6) is -1.48. The highest BCUT2D eigenvalue weighted by atomic mass is 16.5. The fourth-order valence-corrected chi connectivity index (χ4v) is 2.57. The molecule has 1 fully saturated rings. The lowest BCUT2D eigenvalue weighted by Gasteiger charge is -2.33. The van der Waals surface area contributed by atoms with Crippen molar-refractivity contribution in [3.05, 3.63) is 35.9 Å². The maximum absolute atomic E-state index is 12.4. The lowest BCUT2D eigenvalue weighted by molar-refractivity contribution is -0.150. The largest absolute Gasteiger partial charge is 0.480 e. The van der Waals surface area contributed by atoms with Gasteiger partial charge in [0.15, 0.2) is 0 Å². The zero-order chi connectivity index (χ0) is 14.5. The average Bonchev–Trinajstić information content (AvgIpc) is 2.46. The van der Waals surface area contributed by atoms with Gasteiger partial charge in [0, 0.05) is 13.7 Å². The van der Waals surface area contributed by atoms with Crippen molar-refractivity contribution in [2.75, 3.05) is 20.2 Å². The van der Waals surface area contributed by atoms with E-state index in [2.05, 4.69) is 0 Å². The summed E-state index contributed by atoms with van der Waals surface area (Å²) in [4.78, 5) is 24.4. The summed E-state index contributed by atoms with van der Waals surface area (Å²) in [5.41, 5.74) is 0.967. The summed E-state index contributed by atoms with van der Waals surface area (Å²) in [7, 11) is 1.52. The van der Waals surface area contributed by atoms with Crippen molar-refractivity contribution >= 4 is 11.9 Å². The fraction of sp³-hybridized carbons (Fsp3) is 0.467. The van der Waals surface area contributed by atoms with Crippen molar-refractivity contribution in [3.63, 3.8) is 0 Å². The number of nitrogens with zero attached hydrogens (tertiary/aromatic N) is 1. The van der Waals surface area contributed by atoms with Gasteiger partial charge in [0.25, 0.3) is 0 Å². The van der Waals surface area contributed by atoms with Crippen LogP contribution in [0.15, 0.2) is 30.3 Å². The van der Waals surface area contributed by atoms with Gasteiger partial charge in [0.2, 0.25) is 5.91 Å². The monoisotopic (exact) mass is 277 g/mol. The van der Waals surface area contributed by atoms with Gasteiger partial charge in [-0.1, -0.05) is 30.3 Å². The third-order valence-corrected chi connectivity index (χ3v) is 3.52. The van der Waals surface area contributed by atoms with Crippen molar-refractivity contribution in [3.8, 4) is 0 Å². The molecule has 5 heteroatoms. The molecule has 1 aliphatic rings. The van der Waals surface area contributed by atoms with Gasteiger partial charge in [0.05, 0.1) is 12.0 Å². The van der Waals surface area contributed by atoms with Gasteiger partial charge in [-0.15, -0.1) is 0 Å². The zero-order valence-corrected chi connectivity index (χ0v) is 11.5. The summed E-state index contributed by atoms with van der Waals surface area (Å²) in [6, 6.07) is 9.62. The van der Waals surface area contributed by atoms with E-state index in [9.17, 15) is 9.59 Å². The Hall–Kier alpha value is -1.88. The summed E-state index contributed by atoms with van der Waals surface area (Å²) in [6.45, 7) is 0.350. The number of ether oxygens (including phenoxy) is 1. The van der Waals surface area contributed by atoms with Crippen molar-refractivity contribution in [1.82, 2.24) is 4.90 Å². The number of carbonyl (C=O) groups excluding carboxylic acids is 1. The Balaban J connectivity index is 2.15. The Labute approximate surface area is 118 Å². The topological polar surface area (TPSA) is 66.8 Å². The molecular weight excluding hydrogens is 258 g/mol. The maximum atomic E-state index is 12.4. The van der Waals surface area contributed by atoms with Crippen molar-refractivity contribution in [1.29, 1.82) is 0 Å². The molecule has 0 aliphatic carbocycles. The van der Waals surface area contributed by atoms with Crippen LogP contribution >= 0.6 is 0 Å². The van der Waals surface area contributed by atoms with Gasteiger partial charge >= 0.3 is 5.97 Å². The smallest absolute Gasteiger partial charge is 0.323 e. The molecule has 2 rings (SSSR count). The van der Waals surface area contributed by atoms with E-state index >= 15 is 0 Å². The first-order valence-electron chi connectivity index (χ1n) is 6.73. The van der Waals surface area contributed by atoms with E-state index < -0.39 is 5.97 Å². The minimum absolute atomic E-state index is 0.166. The highest BCUT2D eigenvalue weighted by Gasteiger charge is 2.35. The number of hydrogen-bond donors (Lipinski definition) is 1. The number of amides is 1. The van der Waals surface area contributed by atoms with Gasteiger partial charge < -0.3 is 14.7 Å². The van der Waals surface area contributed by atoms with Crippen molar-refractivity contribution in [2.24, 2.45) is 5.92 Å². The summed E-state index contributed by atoms with van der Waals surface area (Å²) in [6.07, 6.45) is 1.26. The van der Waals surface area contributed by atoms with Crippen LogP contribution in [0.4, 0.5) is 0 Å². The van der Waals surface area contributed by atoms with Gasteiger partial charge in [-0.3, -0.25) is 9.59 Å². The van der Waals surface area contributed by atoms with Crippen molar-refractivity contribution < 1.29 is 19.4 Å². The van der Waals surface area contributed by atoms with Crippen LogP contribution in [0.5, 0.6) is 0 Å². The molecule has 1 heterocycles. The molecule has 1 aliphatic heterocycles. The molecule has 0 saturated carbocycles. The molecule has 20 heavy (non-hydrogen) atoms. The molecule has 2 atom stereocenters. The second kappa shape index (κ2) is 6.52. The second-order valence-electron chi connectivity index (χ2n) is 5.04. The second-order valence-corrected chi connectivity index (χ2v) is 5.04. The van der Waals surface area contributed by atoms with Gasteiger partial charge in [-0.25, -0.2) is 0 Å².